The molecule has 0 heterocycles. The maximum atomic E-state index is 13.5. The molecule has 1 amide bonds. The predicted molar refractivity (Wildman–Crippen MR) is 70.7 cm³/mol. The van der Waals surface area contributed by atoms with E-state index in [1.165, 1.54) is 11.9 Å². The fourth-order valence-corrected chi connectivity index (χ4v) is 1.67. The number of halogens is 3. The Morgan fingerprint density at radius 1 is 1.25 bits per heavy atom. The molecular formula is C14H19F3N2O. The van der Waals surface area contributed by atoms with Crippen molar-refractivity contribution in [2.24, 2.45) is 11.7 Å². The largest absolute Gasteiger partial charge is 0.342 e. The van der Waals surface area contributed by atoms with Crippen molar-refractivity contribution in [3.63, 3.8) is 0 Å². The molecule has 0 fully saturated rings. The maximum Gasteiger partial charge on any atom is 0.256 e. The number of rotatable bonds is 5. The standard InChI is InChI=1S/C14H19F3N2O/c1-8(2)11(18)6-7-19(3)14(20)9-4-5-10(15)13(17)12(9)16/h4-5,8,11H,6-7,18H2,1-3H3/t11-/m0/s1. The lowest BCUT2D eigenvalue weighted by Crippen LogP contribution is -2.35. The Morgan fingerprint density at radius 2 is 1.85 bits per heavy atom. The second-order valence-electron chi connectivity index (χ2n) is 5.15. The summed E-state index contributed by atoms with van der Waals surface area (Å²) < 4.78 is 39.4. The van der Waals surface area contributed by atoms with Gasteiger partial charge in [-0.2, -0.15) is 0 Å². The van der Waals surface area contributed by atoms with Crippen LogP contribution in [0.5, 0.6) is 0 Å². The molecule has 0 aliphatic carbocycles. The molecule has 0 spiro atoms. The first-order valence-electron chi connectivity index (χ1n) is 6.40. The van der Waals surface area contributed by atoms with Crippen LogP contribution in [0, 0.1) is 23.4 Å². The third kappa shape index (κ3) is 3.72. The van der Waals surface area contributed by atoms with E-state index in [0.717, 1.165) is 12.1 Å². The average Bonchev–Trinajstić information content (AvgIpc) is 2.41. The minimum Gasteiger partial charge on any atom is -0.342 e. The summed E-state index contributed by atoms with van der Waals surface area (Å²) in [7, 11) is 1.47. The van der Waals surface area contributed by atoms with Gasteiger partial charge >= 0.3 is 0 Å². The molecule has 0 unspecified atom stereocenters. The summed E-state index contributed by atoms with van der Waals surface area (Å²) in [4.78, 5) is 13.2. The van der Waals surface area contributed by atoms with Gasteiger partial charge in [-0.25, -0.2) is 13.2 Å². The Morgan fingerprint density at radius 3 is 2.40 bits per heavy atom. The van der Waals surface area contributed by atoms with Crippen LogP contribution in [0.3, 0.4) is 0 Å². The van der Waals surface area contributed by atoms with E-state index in [2.05, 4.69) is 0 Å². The summed E-state index contributed by atoms with van der Waals surface area (Å²) in [5.41, 5.74) is 5.37. The van der Waals surface area contributed by atoms with Gasteiger partial charge in [0.15, 0.2) is 17.5 Å². The highest BCUT2D eigenvalue weighted by molar-refractivity contribution is 5.94. The van der Waals surface area contributed by atoms with Gasteiger partial charge in [0.05, 0.1) is 5.56 Å². The number of hydrogen-bond donors (Lipinski definition) is 1. The van der Waals surface area contributed by atoms with Gasteiger partial charge in [0.2, 0.25) is 0 Å². The van der Waals surface area contributed by atoms with E-state index in [1.807, 2.05) is 13.8 Å². The smallest absolute Gasteiger partial charge is 0.256 e. The van der Waals surface area contributed by atoms with Crippen LogP contribution < -0.4 is 5.73 Å². The van der Waals surface area contributed by atoms with Gasteiger partial charge < -0.3 is 10.6 Å². The molecule has 0 bridgehead atoms. The number of carbonyl (C=O) groups excluding carboxylic acids is 1. The van der Waals surface area contributed by atoms with Crippen molar-refractivity contribution in [2.75, 3.05) is 13.6 Å². The molecule has 2 N–H and O–H groups in total. The van der Waals surface area contributed by atoms with Gasteiger partial charge in [0.1, 0.15) is 0 Å². The molecule has 20 heavy (non-hydrogen) atoms. The van der Waals surface area contributed by atoms with Crippen molar-refractivity contribution >= 4 is 5.91 Å². The fourth-order valence-electron chi connectivity index (χ4n) is 1.67. The zero-order valence-corrected chi connectivity index (χ0v) is 11.8. The topological polar surface area (TPSA) is 46.3 Å². The molecular weight excluding hydrogens is 269 g/mol. The van der Waals surface area contributed by atoms with Crippen LogP contribution in [0.2, 0.25) is 0 Å². The lowest BCUT2D eigenvalue weighted by atomic mass is 10.0. The van der Waals surface area contributed by atoms with E-state index < -0.39 is 28.9 Å². The molecule has 3 nitrogen and oxygen atoms in total. The van der Waals surface area contributed by atoms with Crippen molar-refractivity contribution in [1.29, 1.82) is 0 Å². The summed E-state index contributed by atoms with van der Waals surface area (Å²) in [6.45, 7) is 4.24. The second kappa shape index (κ2) is 6.74. The van der Waals surface area contributed by atoms with Gasteiger partial charge in [0.25, 0.3) is 5.91 Å². The number of hydrogen-bond acceptors (Lipinski definition) is 2. The second-order valence-corrected chi connectivity index (χ2v) is 5.15. The van der Waals surface area contributed by atoms with Crippen LogP contribution in [-0.2, 0) is 0 Å². The summed E-state index contributed by atoms with van der Waals surface area (Å²) in [6.07, 6.45) is 0.547. The molecule has 0 aliphatic heterocycles. The van der Waals surface area contributed by atoms with Crippen molar-refractivity contribution in [2.45, 2.75) is 26.3 Å². The van der Waals surface area contributed by atoms with E-state index in [1.54, 1.807) is 0 Å². The minimum absolute atomic E-state index is 0.0833. The number of carbonyl (C=O) groups is 1. The van der Waals surface area contributed by atoms with E-state index in [-0.39, 0.29) is 12.0 Å². The summed E-state index contributed by atoms with van der Waals surface area (Å²) >= 11 is 0. The lowest BCUT2D eigenvalue weighted by Gasteiger charge is -2.21. The lowest BCUT2D eigenvalue weighted by molar-refractivity contribution is 0.0783. The van der Waals surface area contributed by atoms with E-state index in [0.29, 0.717) is 13.0 Å². The van der Waals surface area contributed by atoms with E-state index in [4.69, 9.17) is 5.73 Å². The first-order chi connectivity index (χ1) is 9.25. The maximum absolute atomic E-state index is 13.5. The van der Waals surface area contributed by atoms with Crippen LogP contribution in [0.1, 0.15) is 30.6 Å². The fraction of sp³-hybridized carbons (Fsp3) is 0.500. The highest BCUT2D eigenvalue weighted by Crippen LogP contribution is 2.17. The summed E-state index contributed by atoms with van der Waals surface area (Å²) in [5, 5.41) is 0. The van der Waals surface area contributed by atoms with Crippen LogP contribution in [0.15, 0.2) is 12.1 Å². The first-order valence-corrected chi connectivity index (χ1v) is 6.40. The minimum atomic E-state index is -1.64. The van der Waals surface area contributed by atoms with Gasteiger partial charge in [-0.05, 0) is 24.5 Å². The molecule has 1 rings (SSSR count). The zero-order chi connectivity index (χ0) is 15.4. The van der Waals surface area contributed by atoms with Crippen LogP contribution in [0.4, 0.5) is 13.2 Å². The SMILES string of the molecule is CC(C)[C@@H](N)CCN(C)C(=O)c1ccc(F)c(F)c1F. The van der Waals surface area contributed by atoms with Crippen LogP contribution >= 0.6 is 0 Å². The molecule has 0 radical (unpaired) electrons. The monoisotopic (exact) mass is 288 g/mol. The van der Waals surface area contributed by atoms with Crippen molar-refractivity contribution < 1.29 is 18.0 Å². The van der Waals surface area contributed by atoms with E-state index in [9.17, 15) is 18.0 Å². The molecule has 1 aromatic carbocycles. The molecule has 1 atom stereocenters. The molecule has 112 valence electrons. The van der Waals surface area contributed by atoms with Crippen LogP contribution in [0.25, 0.3) is 0 Å². The Balaban J connectivity index is 2.77. The molecule has 6 heteroatoms. The number of nitrogens with zero attached hydrogens (tertiary/aromatic N) is 1. The number of nitrogens with two attached hydrogens (primary N) is 1. The predicted octanol–water partition coefficient (Wildman–Crippen LogP) is 2.55. The molecule has 0 saturated heterocycles. The Kier molecular flexibility index (Phi) is 5.56. The summed E-state index contributed by atoms with van der Waals surface area (Å²) in [5.74, 6) is -4.85. The van der Waals surface area contributed by atoms with Crippen molar-refractivity contribution in [1.82, 2.24) is 4.90 Å². The van der Waals surface area contributed by atoms with Gasteiger partial charge in [-0.3, -0.25) is 4.79 Å². The molecule has 0 aromatic heterocycles. The van der Waals surface area contributed by atoms with Gasteiger partial charge in [0, 0.05) is 19.6 Å². The third-order valence-electron chi connectivity index (χ3n) is 3.27. The number of benzene rings is 1. The van der Waals surface area contributed by atoms with Gasteiger partial charge in [-0.15, -0.1) is 0 Å². The normalized spacial score (nSPS) is 12.6. The quantitative estimate of drug-likeness (QED) is 0.846. The third-order valence-corrected chi connectivity index (χ3v) is 3.27. The van der Waals surface area contributed by atoms with Crippen LogP contribution in [-0.4, -0.2) is 30.4 Å². The summed E-state index contributed by atoms with van der Waals surface area (Å²) in [6, 6.07) is 1.59. The Labute approximate surface area is 116 Å². The van der Waals surface area contributed by atoms with Crippen molar-refractivity contribution in [3.8, 4) is 0 Å². The highest BCUT2D eigenvalue weighted by Gasteiger charge is 2.21. The molecule has 1 aromatic rings. The Hall–Kier alpha value is -1.56. The van der Waals surface area contributed by atoms with Gasteiger partial charge in [-0.1, -0.05) is 13.8 Å². The molecule has 0 saturated carbocycles. The Bertz CT molecular complexity index is 492. The molecule has 0 aliphatic rings. The first kappa shape index (κ1) is 16.5. The highest BCUT2D eigenvalue weighted by atomic mass is 19.2. The zero-order valence-electron chi connectivity index (χ0n) is 11.8. The number of amides is 1. The van der Waals surface area contributed by atoms with E-state index >= 15 is 0 Å². The van der Waals surface area contributed by atoms with Crippen molar-refractivity contribution in [3.05, 3.63) is 35.1 Å². The average molecular weight is 288 g/mol.